The van der Waals surface area contributed by atoms with Crippen LogP contribution in [-0.4, -0.2) is 36.1 Å². The zero-order chi connectivity index (χ0) is 14.9. The van der Waals surface area contributed by atoms with Crippen LogP contribution in [0.15, 0.2) is 0 Å². The minimum absolute atomic E-state index is 0.556. The molecular formula is C19H36N2. The topological polar surface area (TPSA) is 15.3 Å². The van der Waals surface area contributed by atoms with Gasteiger partial charge in [-0.05, 0) is 75.8 Å². The lowest BCUT2D eigenvalue weighted by atomic mass is 9.69. The van der Waals surface area contributed by atoms with Crippen molar-refractivity contribution in [2.45, 2.75) is 96.7 Å². The predicted molar refractivity (Wildman–Crippen MR) is 90.6 cm³/mol. The molecule has 0 aromatic carbocycles. The zero-order valence-electron chi connectivity index (χ0n) is 14.5. The third-order valence-electron chi connectivity index (χ3n) is 7.04. The molecule has 0 amide bonds. The van der Waals surface area contributed by atoms with E-state index in [0.29, 0.717) is 5.41 Å². The first kappa shape index (κ1) is 15.8. The van der Waals surface area contributed by atoms with Crippen LogP contribution in [0.4, 0.5) is 0 Å². The van der Waals surface area contributed by atoms with Crippen LogP contribution in [0.5, 0.6) is 0 Å². The lowest BCUT2D eigenvalue weighted by molar-refractivity contribution is 0.119. The number of hydrogen-bond acceptors (Lipinski definition) is 2. The van der Waals surface area contributed by atoms with Crippen LogP contribution in [0.1, 0.15) is 78.6 Å². The van der Waals surface area contributed by atoms with Gasteiger partial charge in [0.2, 0.25) is 0 Å². The molecule has 3 aliphatic rings. The fourth-order valence-electron chi connectivity index (χ4n) is 5.04. The highest BCUT2D eigenvalue weighted by molar-refractivity contribution is 4.92. The molecule has 3 fully saturated rings. The molecule has 2 nitrogen and oxygen atoms in total. The van der Waals surface area contributed by atoms with Gasteiger partial charge in [0.15, 0.2) is 0 Å². The van der Waals surface area contributed by atoms with Gasteiger partial charge in [-0.3, -0.25) is 0 Å². The predicted octanol–water partition coefficient (Wildman–Crippen LogP) is 4.20. The van der Waals surface area contributed by atoms with E-state index in [1.165, 1.54) is 70.9 Å². The Kier molecular flexibility index (Phi) is 4.95. The summed E-state index contributed by atoms with van der Waals surface area (Å²) >= 11 is 0. The third-order valence-corrected chi connectivity index (χ3v) is 7.04. The highest BCUT2D eigenvalue weighted by Crippen LogP contribution is 2.40. The van der Waals surface area contributed by atoms with Crippen molar-refractivity contribution in [2.24, 2.45) is 11.3 Å². The minimum atomic E-state index is 0.556. The molecule has 2 heteroatoms. The molecule has 2 atom stereocenters. The standard InChI is InChI=1S/C19H36N2/c1-4-19(2,3)15-7-9-16(10-8-15)20-17-11-13-21-12-5-6-18(21)14-17/h15-18,20H,4-14H2,1-3H3. The van der Waals surface area contributed by atoms with Gasteiger partial charge < -0.3 is 10.2 Å². The van der Waals surface area contributed by atoms with Gasteiger partial charge in [-0.2, -0.15) is 0 Å². The monoisotopic (exact) mass is 292 g/mol. The molecule has 0 aromatic rings. The van der Waals surface area contributed by atoms with Crippen molar-refractivity contribution in [1.29, 1.82) is 0 Å². The first-order valence-corrected chi connectivity index (χ1v) is 9.58. The summed E-state index contributed by atoms with van der Waals surface area (Å²) in [7, 11) is 0. The van der Waals surface area contributed by atoms with Crippen LogP contribution in [0, 0.1) is 11.3 Å². The van der Waals surface area contributed by atoms with Crippen molar-refractivity contribution in [2.75, 3.05) is 13.1 Å². The SMILES string of the molecule is CCC(C)(C)C1CCC(NC2CCN3CCCC3C2)CC1. The van der Waals surface area contributed by atoms with E-state index in [-0.39, 0.29) is 0 Å². The highest BCUT2D eigenvalue weighted by atomic mass is 15.2. The third kappa shape index (κ3) is 3.64. The summed E-state index contributed by atoms with van der Waals surface area (Å²) in [5.74, 6) is 0.956. The number of fused-ring (bicyclic) bond motifs is 1. The maximum Gasteiger partial charge on any atom is 0.0111 e. The maximum atomic E-state index is 4.03. The average Bonchev–Trinajstić information content (AvgIpc) is 2.95. The lowest BCUT2D eigenvalue weighted by Crippen LogP contribution is -2.49. The van der Waals surface area contributed by atoms with Gasteiger partial charge in [-0.1, -0.05) is 27.2 Å². The Balaban J connectivity index is 1.43. The molecule has 2 heterocycles. The fraction of sp³-hybridized carbons (Fsp3) is 1.00. The van der Waals surface area contributed by atoms with Crippen molar-refractivity contribution in [1.82, 2.24) is 10.2 Å². The molecule has 2 saturated heterocycles. The molecule has 0 aromatic heterocycles. The molecule has 2 aliphatic heterocycles. The number of rotatable bonds is 4. The second-order valence-corrected chi connectivity index (χ2v) is 8.61. The van der Waals surface area contributed by atoms with Crippen LogP contribution in [0.3, 0.4) is 0 Å². The second-order valence-electron chi connectivity index (χ2n) is 8.61. The summed E-state index contributed by atoms with van der Waals surface area (Å²) in [5.41, 5.74) is 0.556. The molecule has 1 N–H and O–H groups in total. The smallest absolute Gasteiger partial charge is 0.0111 e. The molecule has 0 spiro atoms. The van der Waals surface area contributed by atoms with Gasteiger partial charge in [-0.25, -0.2) is 0 Å². The minimum Gasteiger partial charge on any atom is -0.311 e. The van der Waals surface area contributed by atoms with Crippen molar-refractivity contribution in [3.8, 4) is 0 Å². The van der Waals surface area contributed by atoms with E-state index in [0.717, 1.165) is 24.0 Å². The highest BCUT2D eigenvalue weighted by Gasteiger charge is 2.35. The van der Waals surface area contributed by atoms with E-state index in [4.69, 9.17) is 0 Å². The Hall–Kier alpha value is -0.0800. The van der Waals surface area contributed by atoms with Crippen molar-refractivity contribution in [3.05, 3.63) is 0 Å². The second kappa shape index (κ2) is 6.58. The van der Waals surface area contributed by atoms with Gasteiger partial charge in [0.05, 0.1) is 0 Å². The van der Waals surface area contributed by atoms with E-state index < -0.39 is 0 Å². The van der Waals surface area contributed by atoms with Gasteiger partial charge >= 0.3 is 0 Å². The molecule has 21 heavy (non-hydrogen) atoms. The molecule has 3 rings (SSSR count). The Morgan fingerprint density at radius 1 is 0.952 bits per heavy atom. The Bertz CT molecular complexity index is 330. The summed E-state index contributed by atoms with van der Waals surface area (Å²) in [6, 6.07) is 2.53. The summed E-state index contributed by atoms with van der Waals surface area (Å²) in [6.07, 6.45) is 12.7. The van der Waals surface area contributed by atoms with Crippen LogP contribution in [0.25, 0.3) is 0 Å². The lowest BCUT2D eigenvalue weighted by Gasteiger charge is -2.42. The summed E-state index contributed by atoms with van der Waals surface area (Å²) in [4.78, 5) is 2.73. The quantitative estimate of drug-likeness (QED) is 0.835. The van der Waals surface area contributed by atoms with Crippen molar-refractivity contribution in [3.63, 3.8) is 0 Å². The Morgan fingerprint density at radius 3 is 2.43 bits per heavy atom. The molecule has 122 valence electrons. The zero-order valence-corrected chi connectivity index (χ0v) is 14.5. The number of nitrogens with one attached hydrogen (secondary N) is 1. The molecular weight excluding hydrogens is 256 g/mol. The van der Waals surface area contributed by atoms with Crippen LogP contribution < -0.4 is 5.32 Å². The van der Waals surface area contributed by atoms with E-state index >= 15 is 0 Å². The summed E-state index contributed by atoms with van der Waals surface area (Å²) in [6.45, 7) is 10.0. The van der Waals surface area contributed by atoms with E-state index in [2.05, 4.69) is 31.0 Å². The van der Waals surface area contributed by atoms with Crippen molar-refractivity contribution >= 4 is 0 Å². The van der Waals surface area contributed by atoms with E-state index in [1.807, 2.05) is 0 Å². The molecule has 0 bridgehead atoms. The van der Waals surface area contributed by atoms with E-state index in [1.54, 1.807) is 0 Å². The maximum absolute atomic E-state index is 4.03. The molecule has 2 unspecified atom stereocenters. The first-order valence-electron chi connectivity index (χ1n) is 9.58. The summed E-state index contributed by atoms with van der Waals surface area (Å²) < 4.78 is 0. The Morgan fingerprint density at radius 2 is 1.71 bits per heavy atom. The number of piperidine rings is 1. The van der Waals surface area contributed by atoms with Crippen LogP contribution >= 0.6 is 0 Å². The molecule has 0 radical (unpaired) electrons. The van der Waals surface area contributed by atoms with Crippen LogP contribution in [0.2, 0.25) is 0 Å². The van der Waals surface area contributed by atoms with Crippen molar-refractivity contribution < 1.29 is 0 Å². The number of hydrogen-bond donors (Lipinski definition) is 1. The first-order chi connectivity index (χ1) is 10.1. The van der Waals surface area contributed by atoms with Gasteiger partial charge in [0.25, 0.3) is 0 Å². The largest absolute Gasteiger partial charge is 0.311 e. The molecule has 1 aliphatic carbocycles. The fourth-order valence-corrected chi connectivity index (χ4v) is 5.04. The Labute approximate surface area is 132 Å². The van der Waals surface area contributed by atoms with E-state index in [9.17, 15) is 0 Å². The summed E-state index contributed by atoms with van der Waals surface area (Å²) in [5, 5.41) is 4.03. The van der Waals surface area contributed by atoms with Gasteiger partial charge in [0, 0.05) is 18.1 Å². The normalized spacial score (nSPS) is 38.4. The average molecular weight is 293 g/mol. The van der Waals surface area contributed by atoms with Gasteiger partial charge in [0.1, 0.15) is 0 Å². The van der Waals surface area contributed by atoms with Gasteiger partial charge in [-0.15, -0.1) is 0 Å². The molecule has 1 saturated carbocycles. The van der Waals surface area contributed by atoms with Crippen LogP contribution in [-0.2, 0) is 0 Å². The number of nitrogens with zero attached hydrogens (tertiary/aromatic N) is 1.